The average molecular weight is 344 g/mol. The van der Waals surface area contributed by atoms with Crippen LogP contribution >= 0.6 is 0 Å². The molecule has 3 aromatic rings. The normalized spacial score (nSPS) is 16.8. The molecule has 1 aliphatic heterocycles. The van der Waals surface area contributed by atoms with Crippen LogP contribution in [0.2, 0.25) is 0 Å². The maximum Gasteiger partial charge on any atom is 0.242 e. The predicted molar refractivity (Wildman–Crippen MR) is 102 cm³/mol. The molecule has 0 bridgehead atoms. The van der Waals surface area contributed by atoms with Gasteiger partial charge in [-0.2, -0.15) is 5.10 Å². The molecule has 1 atom stereocenters. The van der Waals surface area contributed by atoms with Crippen molar-refractivity contribution in [1.29, 1.82) is 0 Å². The number of benzene rings is 2. The minimum atomic E-state index is -0.107. The molecular weight excluding hydrogens is 324 g/mol. The maximum atomic E-state index is 12.5. The summed E-state index contributed by atoms with van der Waals surface area (Å²) in [6.45, 7) is 3.93. The van der Waals surface area contributed by atoms with Crippen LogP contribution < -0.4 is 0 Å². The van der Waals surface area contributed by atoms with Gasteiger partial charge in [-0.05, 0) is 30.2 Å². The molecule has 1 aromatic heterocycles. The Hall–Kier alpha value is -3.08. The Kier molecular flexibility index (Phi) is 4.21. The first-order valence-corrected chi connectivity index (χ1v) is 8.83. The lowest BCUT2D eigenvalue weighted by atomic mass is 9.97. The van der Waals surface area contributed by atoms with E-state index >= 15 is 0 Å². The summed E-state index contributed by atoms with van der Waals surface area (Å²) in [5.41, 5.74) is 5.91. The highest BCUT2D eigenvalue weighted by atomic mass is 16.2. The van der Waals surface area contributed by atoms with Crippen LogP contribution in [0.15, 0.2) is 60.0 Å². The number of hydrogen-bond donors (Lipinski definition) is 0. The van der Waals surface area contributed by atoms with E-state index in [4.69, 9.17) is 0 Å². The van der Waals surface area contributed by atoms with Crippen molar-refractivity contribution in [3.63, 3.8) is 0 Å². The molecule has 0 saturated carbocycles. The standard InChI is InChI=1S/C21H20N4O/c1-3-21(26)25-20(13-18(24-25)15-6-4-5-14(2)11-15)16-7-8-17-19(12-16)23-10-9-22-17/h4-12,20H,3,13H2,1-2H3. The van der Waals surface area contributed by atoms with Crippen molar-refractivity contribution < 1.29 is 4.79 Å². The summed E-state index contributed by atoms with van der Waals surface area (Å²) >= 11 is 0. The van der Waals surface area contributed by atoms with Crippen LogP contribution in [0.3, 0.4) is 0 Å². The van der Waals surface area contributed by atoms with Crippen molar-refractivity contribution in [3.05, 3.63) is 71.5 Å². The van der Waals surface area contributed by atoms with Gasteiger partial charge in [-0.3, -0.25) is 14.8 Å². The molecule has 2 heterocycles. The van der Waals surface area contributed by atoms with Gasteiger partial charge < -0.3 is 0 Å². The molecule has 5 heteroatoms. The molecule has 1 amide bonds. The zero-order valence-corrected chi connectivity index (χ0v) is 14.9. The Bertz CT molecular complexity index is 1010. The number of aromatic nitrogens is 2. The maximum absolute atomic E-state index is 12.5. The average Bonchev–Trinajstić information content (AvgIpc) is 3.12. The van der Waals surface area contributed by atoms with Gasteiger partial charge in [-0.1, -0.05) is 42.8 Å². The number of hydrogen-bond acceptors (Lipinski definition) is 4. The van der Waals surface area contributed by atoms with Gasteiger partial charge in [0.05, 0.1) is 22.8 Å². The number of aryl methyl sites for hydroxylation is 1. The molecule has 4 rings (SSSR count). The summed E-state index contributed by atoms with van der Waals surface area (Å²) in [6.07, 6.45) is 4.49. The fourth-order valence-corrected chi connectivity index (χ4v) is 3.35. The fourth-order valence-electron chi connectivity index (χ4n) is 3.35. The van der Waals surface area contributed by atoms with E-state index in [2.05, 4.69) is 40.2 Å². The second-order valence-electron chi connectivity index (χ2n) is 6.53. The summed E-state index contributed by atoms with van der Waals surface area (Å²) in [6, 6.07) is 14.1. The summed E-state index contributed by atoms with van der Waals surface area (Å²) in [7, 11) is 0. The molecule has 1 aliphatic rings. The van der Waals surface area contributed by atoms with Crippen LogP contribution in [-0.4, -0.2) is 26.6 Å². The number of rotatable bonds is 3. The minimum Gasteiger partial charge on any atom is -0.273 e. The molecule has 130 valence electrons. The smallest absolute Gasteiger partial charge is 0.242 e. The van der Waals surface area contributed by atoms with E-state index in [1.54, 1.807) is 17.4 Å². The molecule has 0 fully saturated rings. The number of carbonyl (C=O) groups excluding carboxylic acids is 1. The summed E-state index contributed by atoms with van der Waals surface area (Å²) in [5, 5.41) is 6.31. The first-order valence-electron chi connectivity index (χ1n) is 8.83. The molecule has 26 heavy (non-hydrogen) atoms. The lowest BCUT2D eigenvalue weighted by Gasteiger charge is -2.21. The molecular formula is C21H20N4O. The van der Waals surface area contributed by atoms with Crippen molar-refractivity contribution in [2.75, 3.05) is 0 Å². The van der Waals surface area contributed by atoms with Crippen molar-refractivity contribution in [2.45, 2.75) is 32.7 Å². The van der Waals surface area contributed by atoms with E-state index in [1.165, 1.54) is 5.56 Å². The van der Waals surface area contributed by atoms with Gasteiger partial charge in [0.2, 0.25) is 5.91 Å². The van der Waals surface area contributed by atoms with Crippen molar-refractivity contribution in [3.8, 4) is 0 Å². The van der Waals surface area contributed by atoms with Gasteiger partial charge in [0, 0.05) is 25.2 Å². The second-order valence-corrected chi connectivity index (χ2v) is 6.53. The molecule has 0 radical (unpaired) electrons. The Morgan fingerprint density at radius 3 is 2.69 bits per heavy atom. The molecule has 2 aromatic carbocycles. The van der Waals surface area contributed by atoms with Crippen molar-refractivity contribution in [2.24, 2.45) is 5.10 Å². The number of fused-ring (bicyclic) bond motifs is 1. The third kappa shape index (κ3) is 2.96. The highest BCUT2D eigenvalue weighted by Gasteiger charge is 2.32. The summed E-state index contributed by atoms with van der Waals surface area (Å²) < 4.78 is 0. The van der Waals surface area contributed by atoms with Gasteiger partial charge in [0.1, 0.15) is 0 Å². The molecule has 0 aliphatic carbocycles. The first kappa shape index (κ1) is 16.4. The lowest BCUT2D eigenvalue weighted by Crippen LogP contribution is -2.26. The molecule has 5 nitrogen and oxygen atoms in total. The Balaban J connectivity index is 1.73. The van der Waals surface area contributed by atoms with Gasteiger partial charge in [0.25, 0.3) is 0 Å². The quantitative estimate of drug-likeness (QED) is 0.721. The van der Waals surface area contributed by atoms with Crippen LogP contribution in [-0.2, 0) is 4.79 Å². The zero-order valence-electron chi connectivity index (χ0n) is 14.9. The number of carbonyl (C=O) groups is 1. The monoisotopic (exact) mass is 344 g/mol. The van der Waals surface area contributed by atoms with Crippen molar-refractivity contribution >= 4 is 22.7 Å². The number of amides is 1. The number of nitrogens with zero attached hydrogens (tertiary/aromatic N) is 4. The third-order valence-corrected chi connectivity index (χ3v) is 4.70. The molecule has 0 saturated heterocycles. The minimum absolute atomic E-state index is 0.0249. The van der Waals surface area contributed by atoms with E-state index in [0.29, 0.717) is 12.8 Å². The Labute approximate surface area is 152 Å². The highest BCUT2D eigenvalue weighted by molar-refractivity contribution is 6.03. The van der Waals surface area contributed by atoms with E-state index in [9.17, 15) is 4.79 Å². The first-order chi connectivity index (χ1) is 12.7. The lowest BCUT2D eigenvalue weighted by molar-refractivity contribution is -0.132. The third-order valence-electron chi connectivity index (χ3n) is 4.70. The van der Waals surface area contributed by atoms with Crippen molar-refractivity contribution in [1.82, 2.24) is 15.0 Å². The summed E-state index contributed by atoms with van der Waals surface area (Å²) in [5.74, 6) is 0.0249. The second kappa shape index (κ2) is 6.67. The molecule has 0 N–H and O–H groups in total. The van der Waals surface area contributed by atoms with E-state index < -0.39 is 0 Å². The van der Waals surface area contributed by atoms with Gasteiger partial charge >= 0.3 is 0 Å². The van der Waals surface area contributed by atoms with Crippen LogP contribution in [0.1, 0.15) is 42.5 Å². The van der Waals surface area contributed by atoms with Gasteiger partial charge in [0.15, 0.2) is 0 Å². The van der Waals surface area contributed by atoms with Crippen LogP contribution in [0.5, 0.6) is 0 Å². The zero-order chi connectivity index (χ0) is 18.1. The molecule has 0 spiro atoms. The topological polar surface area (TPSA) is 58.5 Å². The van der Waals surface area contributed by atoms with Crippen LogP contribution in [0, 0.1) is 6.92 Å². The molecule has 1 unspecified atom stereocenters. The summed E-state index contributed by atoms with van der Waals surface area (Å²) in [4.78, 5) is 21.2. The largest absolute Gasteiger partial charge is 0.273 e. The highest BCUT2D eigenvalue weighted by Crippen LogP contribution is 2.34. The number of hydrazone groups is 1. The van der Waals surface area contributed by atoms with Gasteiger partial charge in [-0.25, -0.2) is 5.01 Å². The van der Waals surface area contributed by atoms with E-state index in [-0.39, 0.29) is 11.9 Å². The Morgan fingerprint density at radius 2 is 1.92 bits per heavy atom. The predicted octanol–water partition coefficient (Wildman–Crippen LogP) is 4.03. The SMILES string of the molecule is CCC(=O)N1N=C(c2cccc(C)c2)CC1c1ccc2nccnc2c1. The van der Waals surface area contributed by atoms with Crippen LogP contribution in [0.25, 0.3) is 11.0 Å². The van der Waals surface area contributed by atoms with Crippen LogP contribution in [0.4, 0.5) is 0 Å². The Morgan fingerprint density at radius 1 is 1.12 bits per heavy atom. The van der Waals surface area contributed by atoms with E-state index in [1.807, 2.05) is 31.2 Å². The van der Waals surface area contributed by atoms with Gasteiger partial charge in [-0.15, -0.1) is 0 Å². The van der Waals surface area contributed by atoms with E-state index in [0.717, 1.165) is 27.9 Å². The fraction of sp³-hybridized carbons (Fsp3) is 0.238.